The van der Waals surface area contributed by atoms with Gasteiger partial charge in [0.05, 0.1) is 5.69 Å². The van der Waals surface area contributed by atoms with Crippen LogP contribution in [0.3, 0.4) is 0 Å². The summed E-state index contributed by atoms with van der Waals surface area (Å²) in [5, 5.41) is 15.4. The van der Waals surface area contributed by atoms with Gasteiger partial charge < -0.3 is 10.9 Å². The number of hydrogen-bond donors (Lipinski definition) is 2. The number of nitrogens with two attached hydrogens (primary N) is 1. The molecule has 0 fully saturated rings. The zero-order valence-corrected chi connectivity index (χ0v) is 7.64. The first-order valence-electron chi connectivity index (χ1n) is 4.19. The van der Waals surface area contributed by atoms with Crippen molar-refractivity contribution in [3.8, 4) is 0 Å². The van der Waals surface area contributed by atoms with Gasteiger partial charge in [0.1, 0.15) is 5.84 Å². The van der Waals surface area contributed by atoms with Crippen molar-refractivity contribution < 1.29 is 5.21 Å². The third kappa shape index (κ3) is 3.14. The highest BCUT2D eigenvalue weighted by atomic mass is 16.4. The van der Waals surface area contributed by atoms with Crippen molar-refractivity contribution in [1.82, 2.24) is 9.78 Å². The van der Waals surface area contributed by atoms with Crippen LogP contribution in [0.25, 0.3) is 0 Å². The third-order valence-corrected chi connectivity index (χ3v) is 1.72. The molecule has 1 heterocycles. The van der Waals surface area contributed by atoms with Crippen LogP contribution < -0.4 is 5.73 Å². The van der Waals surface area contributed by atoms with Crippen molar-refractivity contribution in [3.63, 3.8) is 0 Å². The van der Waals surface area contributed by atoms with E-state index in [1.807, 2.05) is 23.9 Å². The minimum Gasteiger partial charge on any atom is -0.409 e. The maximum absolute atomic E-state index is 8.28. The number of hydrogen-bond acceptors (Lipinski definition) is 3. The normalized spacial score (nSPS) is 11.9. The molecule has 5 heteroatoms. The maximum atomic E-state index is 8.28. The first kappa shape index (κ1) is 9.57. The summed E-state index contributed by atoms with van der Waals surface area (Å²) in [5.41, 5.74) is 6.32. The summed E-state index contributed by atoms with van der Waals surface area (Å²) in [4.78, 5) is 0. The van der Waals surface area contributed by atoms with Gasteiger partial charge in [-0.2, -0.15) is 5.10 Å². The van der Waals surface area contributed by atoms with Crippen molar-refractivity contribution in [2.45, 2.75) is 26.3 Å². The van der Waals surface area contributed by atoms with Crippen LogP contribution >= 0.6 is 0 Å². The Hall–Kier alpha value is -1.52. The van der Waals surface area contributed by atoms with Crippen molar-refractivity contribution in [1.29, 1.82) is 0 Å². The van der Waals surface area contributed by atoms with E-state index in [9.17, 15) is 0 Å². The Labute approximate surface area is 76.8 Å². The van der Waals surface area contributed by atoms with E-state index in [0.717, 1.165) is 18.7 Å². The highest BCUT2D eigenvalue weighted by molar-refractivity contribution is 5.79. The van der Waals surface area contributed by atoms with Crippen LogP contribution in [0, 0.1) is 6.92 Å². The SMILES string of the molecule is Cc1ccn(CCCC(N)=NO)n1. The largest absolute Gasteiger partial charge is 0.409 e. The Morgan fingerprint density at radius 1 is 1.77 bits per heavy atom. The van der Waals surface area contributed by atoms with Crippen LogP contribution in [0.5, 0.6) is 0 Å². The van der Waals surface area contributed by atoms with Gasteiger partial charge >= 0.3 is 0 Å². The first-order valence-corrected chi connectivity index (χ1v) is 4.19. The molecule has 0 spiro atoms. The lowest BCUT2D eigenvalue weighted by Crippen LogP contribution is -2.12. The molecule has 0 saturated carbocycles. The predicted octanol–water partition coefficient (Wildman–Crippen LogP) is 0.718. The van der Waals surface area contributed by atoms with Crippen LogP contribution in [0.4, 0.5) is 0 Å². The van der Waals surface area contributed by atoms with E-state index < -0.39 is 0 Å². The first-order chi connectivity index (χ1) is 6.22. The van der Waals surface area contributed by atoms with Crippen LogP contribution in [0.2, 0.25) is 0 Å². The molecule has 1 aromatic rings. The molecule has 0 atom stereocenters. The summed E-state index contributed by atoms with van der Waals surface area (Å²) in [5.74, 6) is 0.267. The zero-order valence-electron chi connectivity index (χ0n) is 7.64. The minimum atomic E-state index is 0.267. The monoisotopic (exact) mass is 182 g/mol. The second-order valence-corrected chi connectivity index (χ2v) is 2.92. The molecule has 0 aliphatic rings. The van der Waals surface area contributed by atoms with Gasteiger partial charge in [0.15, 0.2) is 0 Å². The number of aromatic nitrogens is 2. The maximum Gasteiger partial charge on any atom is 0.139 e. The lowest BCUT2D eigenvalue weighted by Gasteiger charge is -1.99. The number of amidine groups is 1. The number of aryl methyl sites for hydroxylation is 2. The van der Waals surface area contributed by atoms with Crippen molar-refractivity contribution in [2.24, 2.45) is 10.9 Å². The van der Waals surface area contributed by atoms with Gasteiger partial charge in [0.2, 0.25) is 0 Å². The zero-order chi connectivity index (χ0) is 9.68. The molecule has 0 aliphatic heterocycles. The predicted molar refractivity (Wildman–Crippen MR) is 49.6 cm³/mol. The van der Waals surface area contributed by atoms with Gasteiger partial charge in [-0.15, -0.1) is 0 Å². The lowest BCUT2D eigenvalue weighted by molar-refractivity contribution is 0.316. The molecule has 3 N–H and O–H groups in total. The Morgan fingerprint density at radius 2 is 2.54 bits per heavy atom. The molecule has 0 amide bonds. The summed E-state index contributed by atoms with van der Waals surface area (Å²) >= 11 is 0. The van der Waals surface area contributed by atoms with E-state index in [1.54, 1.807) is 0 Å². The van der Waals surface area contributed by atoms with E-state index in [2.05, 4.69) is 10.3 Å². The summed E-state index contributed by atoms with van der Waals surface area (Å²) in [6.07, 6.45) is 3.34. The molecule has 0 saturated heterocycles. The summed E-state index contributed by atoms with van der Waals surface area (Å²) in [6.45, 7) is 2.74. The van der Waals surface area contributed by atoms with Crippen molar-refractivity contribution in [3.05, 3.63) is 18.0 Å². The standard InChI is InChI=1S/C8H14N4O/c1-7-4-6-12(10-7)5-2-3-8(9)11-13/h4,6,13H,2-3,5H2,1H3,(H2,9,11). The molecule has 13 heavy (non-hydrogen) atoms. The molecule has 1 aromatic heterocycles. The molecule has 0 unspecified atom stereocenters. The highest BCUT2D eigenvalue weighted by Crippen LogP contribution is 1.97. The van der Waals surface area contributed by atoms with Gasteiger partial charge in [0.25, 0.3) is 0 Å². The van der Waals surface area contributed by atoms with Gasteiger partial charge in [-0.1, -0.05) is 5.16 Å². The summed E-state index contributed by atoms with van der Waals surface area (Å²) in [7, 11) is 0. The second-order valence-electron chi connectivity index (χ2n) is 2.92. The van der Waals surface area contributed by atoms with Gasteiger partial charge in [-0.3, -0.25) is 4.68 Å². The second kappa shape index (κ2) is 4.49. The number of nitrogens with zero attached hydrogens (tertiary/aromatic N) is 3. The Morgan fingerprint density at radius 3 is 3.08 bits per heavy atom. The fourth-order valence-electron chi connectivity index (χ4n) is 1.06. The Balaban J connectivity index is 2.28. The summed E-state index contributed by atoms with van der Waals surface area (Å²) < 4.78 is 1.85. The van der Waals surface area contributed by atoms with Crippen LogP contribution in [-0.4, -0.2) is 20.8 Å². The topological polar surface area (TPSA) is 76.4 Å². The van der Waals surface area contributed by atoms with Crippen LogP contribution in [0.1, 0.15) is 18.5 Å². The van der Waals surface area contributed by atoms with E-state index in [1.165, 1.54) is 0 Å². The number of rotatable bonds is 4. The summed E-state index contributed by atoms with van der Waals surface area (Å²) in [6, 6.07) is 1.95. The molecular formula is C8H14N4O. The van der Waals surface area contributed by atoms with Gasteiger partial charge in [0, 0.05) is 19.2 Å². The van der Waals surface area contributed by atoms with Gasteiger partial charge in [-0.05, 0) is 19.4 Å². The number of oxime groups is 1. The molecule has 0 aromatic carbocycles. The van der Waals surface area contributed by atoms with Crippen LogP contribution in [-0.2, 0) is 6.54 Å². The molecule has 0 radical (unpaired) electrons. The Kier molecular flexibility index (Phi) is 3.31. The lowest BCUT2D eigenvalue weighted by atomic mass is 10.3. The Bertz CT molecular complexity index is 292. The van der Waals surface area contributed by atoms with E-state index in [0.29, 0.717) is 6.42 Å². The fourth-order valence-corrected chi connectivity index (χ4v) is 1.06. The molecular weight excluding hydrogens is 168 g/mol. The molecule has 5 nitrogen and oxygen atoms in total. The average molecular weight is 182 g/mol. The third-order valence-electron chi connectivity index (χ3n) is 1.72. The van der Waals surface area contributed by atoms with Crippen molar-refractivity contribution >= 4 is 5.84 Å². The van der Waals surface area contributed by atoms with E-state index in [4.69, 9.17) is 10.9 Å². The fraction of sp³-hybridized carbons (Fsp3) is 0.500. The van der Waals surface area contributed by atoms with Gasteiger partial charge in [-0.25, -0.2) is 0 Å². The van der Waals surface area contributed by atoms with Crippen LogP contribution in [0.15, 0.2) is 17.4 Å². The smallest absolute Gasteiger partial charge is 0.139 e. The molecule has 1 rings (SSSR count). The average Bonchev–Trinajstić information content (AvgIpc) is 2.51. The van der Waals surface area contributed by atoms with E-state index in [-0.39, 0.29) is 5.84 Å². The van der Waals surface area contributed by atoms with E-state index >= 15 is 0 Å². The minimum absolute atomic E-state index is 0.267. The molecule has 72 valence electrons. The molecule has 0 aliphatic carbocycles. The molecule has 0 bridgehead atoms. The quantitative estimate of drug-likeness (QED) is 0.312. The van der Waals surface area contributed by atoms with Crippen molar-refractivity contribution in [2.75, 3.05) is 0 Å². The highest BCUT2D eigenvalue weighted by Gasteiger charge is 1.96.